The first-order valence-electron chi connectivity index (χ1n) is 6.81. The molecule has 2 N–H and O–H groups in total. The zero-order valence-corrected chi connectivity index (χ0v) is 12.4. The molecule has 0 aliphatic carbocycles. The Morgan fingerprint density at radius 2 is 2.00 bits per heavy atom. The summed E-state index contributed by atoms with van der Waals surface area (Å²) in [5, 5.41) is 5.78. The first-order valence-corrected chi connectivity index (χ1v) is 8.25. The van der Waals surface area contributed by atoms with Gasteiger partial charge >= 0.3 is 0 Å². The van der Waals surface area contributed by atoms with Gasteiger partial charge in [-0.15, -0.1) is 0 Å². The van der Waals surface area contributed by atoms with Crippen LogP contribution in [0.1, 0.15) is 6.92 Å². The molecule has 0 aromatic heterocycles. The number of amides is 1. The Balaban J connectivity index is 1.93. The van der Waals surface area contributed by atoms with Crippen LogP contribution in [-0.2, 0) is 14.8 Å². The largest absolute Gasteiger partial charge is 0.479 e. The van der Waals surface area contributed by atoms with E-state index < -0.39 is 16.1 Å². The molecule has 1 saturated heterocycles. The molecular formula is C13H17N3O4S. The molecule has 3 rings (SSSR count). The highest BCUT2D eigenvalue weighted by atomic mass is 32.2. The average Bonchev–Trinajstić information content (AvgIpc) is 2.49. The Morgan fingerprint density at radius 1 is 1.29 bits per heavy atom. The number of nitrogens with one attached hydrogen (secondary N) is 2. The van der Waals surface area contributed by atoms with Crippen LogP contribution in [0.5, 0.6) is 5.75 Å². The van der Waals surface area contributed by atoms with E-state index in [1.54, 1.807) is 13.0 Å². The van der Waals surface area contributed by atoms with Crippen molar-refractivity contribution < 1.29 is 17.9 Å². The van der Waals surface area contributed by atoms with Gasteiger partial charge in [0.15, 0.2) is 6.10 Å². The second-order valence-corrected chi connectivity index (χ2v) is 7.00. The number of hydrogen-bond acceptors (Lipinski definition) is 5. The molecule has 0 saturated carbocycles. The molecule has 1 atom stereocenters. The van der Waals surface area contributed by atoms with E-state index in [0.717, 1.165) is 0 Å². The number of sulfonamides is 1. The fraction of sp³-hybridized carbons (Fsp3) is 0.462. The molecule has 2 heterocycles. The minimum Gasteiger partial charge on any atom is -0.479 e. The van der Waals surface area contributed by atoms with E-state index in [1.165, 1.54) is 16.4 Å². The summed E-state index contributed by atoms with van der Waals surface area (Å²) in [6, 6.07) is 4.55. The highest BCUT2D eigenvalue weighted by Crippen LogP contribution is 2.32. The molecule has 1 fully saturated rings. The Kier molecular flexibility index (Phi) is 3.60. The van der Waals surface area contributed by atoms with E-state index in [1.807, 2.05) is 0 Å². The summed E-state index contributed by atoms with van der Waals surface area (Å²) < 4.78 is 32.0. The number of rotatable bonds is 2. The number of anilines is 1. The number of carbonyl (C=O) groups excluding carboxylic acids is 1. The SMILES string of the molecule is CC1Oc2ccc(S(=O)(=O)N3CCNCC3)cc2NC1=O. The van der Waals surface area contributed by atoms with Crippen LogP contribution in [0.2, 0.25) is 0 Å². The number of piperazine rings is 1. The Labute approximate surface area is 123 Å². The number of carbonyl (C=O) groups is 1. The van der Waals surface area contributed by atoms with Crippen molar-refractivity contribution in [3.63, 3.8) is 0 Å². The summed E-state index contributed by atoms with van der Waals surface area (Å²) in [6.45, 7) is 3.81. The zero-order valence-electron chi connectivity index (χ0n) is 11.6. The normalized spacial score (nSPS) is 23.1. The molecule has 2 aliphatic rings. The fourth-order valence-electron chi connectivity index (χ4n) is 2.38. The summed E-state index contributed by atoms with van der Waals surface area (Å²) >= 11 is 0. The second-order valence-electron chi connectivity index (χ2n) is 5.06. The van der Waals surface area contributed by atoms with Crippen molar-refractivity contribution in [3.8, 4) is 5.75 Å². The van der Waals surface area contributed by atoms with Gasteiger partial charge in [0.05, 0.1) is 10.6 Å². The van der Waals surface area contributed by atoms with Gasteiger partial charge in [0.1, 0.15) is 5.75 Å². The van der Waals surface area contributed by atoms with Gasteiger partial charge < -0.3 is 15.4 Å². The lowest BCUT2D eigenvalue weighted by molar-refractivity contribution is -0.122. The van der Waals surface area contributed by atoms with Gasteiger partial charge in [-0.1, -0.05) is 0 Å². The lowest BCUT2D eigenvalue weighted by Crippen LogP contribution is -2.46. The third-order valence-corrected chi connectivity index (χ3v) is 5.49. The standard InChI is InChI=1S/C13H17N3O4S/c1-9-13(17)15-11-8-10(2-3-12(11)20-9)21(18,19)16-6-4-14-5-7-16/h2-3,8-9,14H,4-7H2,1H3,(H,15,17). The van der Waals surface area contributed by atoms with Crippen LogP contribution in [-0.4, -0.2) is 50.9 Å². The quantitative estimate of drug-likeness (QED) is 0.803. The van der Waals surface area contributed by atoms with Crippen LogP contribution in [0.25, 0.3) is 0 Å². The molecule has 2 aliphatic heterocycles. The van der Waals surface area contributed by atoms with Crippen LogP contribution in [0.15, 0.2) is 23.1 Å². The van der Waals surface area contributed by atoms with E-state index in [4.69, 9.17) is 4.74 Å². The van der Waals surface area contributed by atoms with E-state index in [2.05, 4.69) is 10.6 Å². The number of hydrogen-bond donors (Lipinski definition) is 2. The maximum absolute atomic E-state index is 12.6. The maximum Gasteiger partial charge on any atom is 0.265 e. The number of ether oxygens (including phenoxy) is 1. The maximum atomic E-state index is 12.6. The number of nitrogens with zero attached hydrogens (tertiary/aromatic N) is 1. The van der Waals surface area contributed by atoms with Gasteiger partial charge in [-0.2, -0.15) is 4.31 Å². The zero-order chi connectivity index (χ0) is 15.0. The first kappa shape index (κ1) is 14.3. The molecule has 1 unspecified atom stereocenters. The fourth-order valence-corrected chi connectivity index (χ4v) is 3.85. The Bertz CT molecular complexity index is 668. The van der Waals surface area contributed by atoms with Gasteiger partial charge in [0.25, 0.3) is 5.91 Å². The molecule has 21 heavy (non-hydrogen) atoms. The van der Waals surface area contributed by atoms with Crippen molar-refractivity contribution in [1.29, 1.82) is 0 Å². The van der Waals surface area contributed by atoms with Crippen LogP contribution in [0.3, 0.4) is 0 Å². The van der Waals surface area contributed by atoms with Crippen LogP contribution >= 0.6 is 0 Å². The molecule has 0 spiro atoms. The molecule has 0 bridgehead atoms. The van der Waals surface area contributed by atoms with Crippen molar-refractivity contribution in [2.24, 2.45) is 0 Å². The highest BCUT2D eigenvalue weighted by molar-refractivity contribution is 7.89. The predicted molar refractivity (Wildman–Crippen MR) is 76.8 cm³/mol. The van der Waals surface area contributed by atoms with Crippen LogP contribution in [0.4, 0.5) is 5.69 Å². The van der Waals surface area contributed by atoms with Gasteiger partial charge in [-0.3, -0.25) is 4.79 Å². The molecule has 1 amide bonds. The highest BCUT2D eigenvalue weighted by Gasteiger charge is 2.29. The van der Waals surface area contributed by atoms with Crippen molar-refractivity contribution in [2.75, 3.05) is 31.5 Å². The minimum absolute atomic E-state index is 0.168. The molecular weight excluding hydrogens is 294 g/mol. The van der Waals surface area contributed by atoms with E-state index in [9.17, 15) is 13.2 Å². The molecule has 114 valence electrons. The third kappa shape index (κ3) is 2.61. The third-order valence-electron chi connectivity index (χ3n) is 3.60. The van der Waals surface area contributed by atoms with Crippen molar-refractivity contribution in [2.45, 2.75) is 17.9 Å². The van der Waals surface area contributed by atoms with Crippen molar-refractivity contribution in [1.82, 2.24) is 9.62 Å². The van der Waals surface area contributed by atoms with Crippen LogP contribution in [0, 0.1) is 0 Å². The average molecular weight is 311 g/mol. The monoisotopic (exact) mass is 311 g/mol. The smallest absolute Gasteiger partial charge is 0.265 e. The summed E-state index contributed by atoms with van der Waals surface area (Å²) in [5.74, 6) is 0.209. The molecule has 1 aromatic rings. The van der Waals surface area contributed by atoms with Gasteiger partial charge in [-0.05, 0) is 25.1 Å². The topological polar surface area (TPSA) is 87.7 Å². The van der Waals surface area contributed by atoms with Gasteiger partial charge in [0.2, 0.25) is 10.0 Å². The van der Waals surface area contributed by atoms with E-state index in [-0.39, 0.29) is 10.8 Å². The summed E-state index contributed by atoms with van der Waals surface area (Å²) in [4.78, 5) is 11.8. The first-order chi connectivity index (χ1) is 9.98. The summed E-state index contributed by atoms with van der Waals surface area (Å²) in [5.41, 5.74) is 0.398. The Hall–Kier alpha value is -1.64. The lowest BCUT2D eigenvalue weighted by atomic mass is 10.2. The molecule has 7 nitrogen and oxygen atoms in total. The molecule has 0 radical (unpaired) electrons. The number of fused-ring (bicyclic) bond motifs is 1. The predicted octanol–water partition coefficient (Wildman–Crippen LogP) is -0.0001000. The lowest BCUT2D eigenvalue weighted by Gasteiger charge is -2.28. The number of benzene rings is 1. The molecule has 8 heteroatoms. The molecule has 1 aromatic carbocycles. The van der Waals surface area contributed by atoms with Crippen molar-refractivity contribution in [3.05, 3.63) is 18.2 Å². The summed E-state index contributed by atoms with van der Waals surface area (Å²) in [7, 11) is -3.54. The van der Waals surface area contributed by atoms with E-state index >= 15 is 0 Å². The van der Waals surface area contributed by atoms with Gasteiger partial charge in [-0.25, -0.2) is 8.42 Å². The Morgan fingerprint density at radius 3 is 2.71 bits per heavy atom. The van der Waals surface area contributed by atoms with Gasteiger partial charge in [0, 0.05) is 26.2 Å². The van der Waals surface area contributed by atoms with E-state index in [0.29, 0.717) is 37.6 Å². The second kappa shape index (κ2) is 5.28. The minimum atomic E-state index is -3.54. The van der Waals surface area contributed by atoms with Crippen LogP contribution < -0.4 is 15.4 Å². The van der Waals surface area contributed by atoms with Crippen molar-refractivity contribution >= 4 is 21.6 Å². The summed E-state index contributed by atoms with van der Waals surface area (Å²) in [6.07, 6.45) is -0.576.